The second-order valence-corrected chi connectivity index (χ2v) is 34.4. The molecule has 102 heavy (non-hydrogen) atoms. The van der Waals surface area contributed by atoms with Gasteiger partial charge < -0.3 is 19.5 Å². The number of nitrogens with zero attached hydrogens (tertiary/aromatic N) is 1. The van der Waals surface area contributed by atoms with Crippen molar-refractivity contribution in [3.63, 3.8) is 0 Å². The minimum absolute atomic E-state index is 0.145. The zero-order valence-electron chi connectivity index (χ0n) is 61.0. The first-order chi connectivity index (χ1) is 50.1. The normalized spacial score (nSPS) is 14.3. The summed E-state index contributed by atoms with van der Waals surface area (Å²) in [4.78, 5) is 38.6. The lowest BCUT2D eigenvalue weighted by molar-refractivity contribution is -0.139. The van der Waals surface area contributed by atoms with Crippen LogP contribution in [0.2, 0.25) is 0 Å². The maximum Gasteiger partial charge on any atom is 0.304 e. The van der Waals surface area contributed by atoms with E-state index in [9.17, 15) is 14.7 Å². The number of ether oxygens (including phenoxy) is 2. The van der Waals surface area contributed by atoms with E-state index in [1.807, 2.05) is 40.1 Å². The van der Waals surface area contributed by atoms with E-state index in [2.05, 4.69) is 190 Å². The van der Waals surface area contributed by atoms with Crippen LogP contribution in [0.15, 0.2) is 163 Å². The number of carbonyl (C=O) groups is 2. The zero-order valence-corrected chi connectivity index (χ0v) is 65.9. The van der Waals surface area contributed by atoms with Crippen molar-refractivity contribution in [2.75, 3.05) is 18.1 Å². The molecule has 1 atom stereocenters. The maximum absolute atomic E-state index is 13.8. The second-order valence-electron chi connectivity index (χ2n) is 28.3. The SMILES string of the molecule is CCCCCCCCCCCCC1(CCCCCCCCCCCC)c2cc(/C=C3/SC(=S)C(CC(=O)O)C3=O)sc2-c2sc(-c3ccc(N(c4ccc(-c5ccc(-c6ccc(OCCCCCC)cc6)s5)cc4)c4ccc(-c5ccc(-c6ccc(OCCCCCC)cc6)s5)cc4)cc3)cc21. The summed E-state index contributed by atoms with van der Waals surface area (Å²) in [7, 11) is 0. The van der Waals surface area contributed by atoms with Gasteiger partial charge in [0.2, 0.25) is 0 Å². The molecule has 2 aliphatic rings. The van der Waals surface area contributed by atoms with Gasteiger partial charge in [0, 0.05) is 61.5 Å². The number of anilines is 3. The number of thiocarbonyl (C=S) groups is 1. The number of unbranched alkanes of at least 4 members (excludes halogenated alkanes) is 24. The van der Waals surface area contributed by atoms with Crippen molar-refractivity contribution in [1.29, 1.82) is 0 Å². The highest BCUT2D eigenvalue weighted by molar-refractivity contribution is 8.27. The molecular weight excluding hydrogens is 1370 g/mol. The average Bonchev–Trinajstić information content (AvgIpc) is 1.55. The first-order valence-corrected chi connectivity index (χ1v) is 43.3. The van der Waals surface area contributed by atoms with Crippen molar-refractivity contribution in [3.8, 4) is 73.5 Å². The molecule has 1 N–H and O–H groups in total. The van der Waals surface area contributed by atoms with Crippen LogP contribution in [0.3, 0.4) is 0 Å². The van der Waals surface area contributed by atoms with Crippen molar-refractivity contribution in [3.05, 3.63) is 179 Å². The van der Waals surface area contributed by atoms with Gasteiger partial charge in [-0.05, 0) is 192 Å². The molecule has 9 aromatic rings. The number of rotatable bonds is 45. The molecule has 1 fully saturated rings. The van der Waals surface area contributed by atoms with Crippen LogP contribution in [0.25, 0.3) is 68.0 Å². The summed E-state index contributed by atoms with van der Waals surface area (Å²) in [6.07, 6.45) is 39.5. The van der Waals surface area contributed by atoms with Gasteiger partial charge >= 0.3 is 5.97 Å². The highest BCUT2D eigenvalue weighted by atomic mass is 32.2. The minimum Gasteiger partial charge on any atom is -0.494 e. The van der Waals surface area contributed by atoms with Gasteiger partial charge in [-0.2, -0.15) is 0 Å². The number of aliphatic carboxylic acids is 1. The fraction of sp³-hybridized carbons (Fsp3) is 0.433. The zero-order chi connectivity index (χ0) is 70.9. The fourth-order valence-corrected chi connectivity index (χ4v) is 20.9. The Morgan fingerprint density at radius 3 is 1.17 bits per heavy atom. The number of hydrogen-bond acceptors (Lipinski definition) is 11. The smallest absolute Gasteiger partial charge is 0.304 e. The number of hydrogen-bond donors (Lipinski definition) is 1. The highest BCUT2D eigenvalue weighted by Crippen LogP contribution is 2.61. The third kappa shape index (κ3) is 20.6. The molecule has 11 rings (SSSR count). The number of allylic oxidation sites excluding steroid dienone is 1. The van der Waals surface area contributed by atoms with Crippen molar-refractivity contribution in [2.24, 2.45) is 5.92 Å². The lowest BCUT2D eigenvalue weighted by Crippen LogP contribution is -2.25. The van der Waals surface area contributed by atoms with Gasteiger partial charge in [0.15, 0.2) is 5.78 Å². The molecule has 1 saturated heterocycles. The van der Waals surface area contributed by atoms with Crippen LogP contribution >= 0.6 is 69.3 Å². The van der Waals surface area contributed by atoms with Crippen molar-refractivity contribution in [1.82, 2.24) is 0 Å². The van der Waals surface area contributed by atoms with E-state index in [-0.39, 0.29) is 17.6 Å². The molecule has 5 heterocycles. The third-order valence-electron chi connectivity index (χ3n) is 20.6. The molecule has 4 aromatic heterocycles. The maximum atomic E-state index is 13.8. The van der Waals surface area contributed by atoms with Crippen molar-refractivity contribution >= 4 is 108 Å². The fourth-order valence-electron chi connectivity index (χ4n) is 14.7. The molecule has 5 aromatic carbocycles. The number of carboxylic acids is 1. The highest BCUT2D eigenvalue weighted by Gasteiger charge is 2.46. The molecule has 0 saturated carbocycles. The topological polar surface area (TPSA) is 76.1 Å². The van der Waals surface area contributed by atoms with E-state index >= 15 is 0 Å². The standard InChI is InChI=1S/C90H107NO5S6/c1-5-9-13-17-19-21-23-25-27-29-57-90(58-30-28-26-24-22-20-18-14-10-6-2)77-61-75(62-84-86(94)76(63-85(92)93)89(97)102-84)98-87(77)88-78(90)64-83(101-88)69-37-47-72(48-38-69)91(70-43-33-65(34-44-70)79-53-55-81(99-79)67-39-49-73(50-40-67)95-59-31-15-11-7-3)71-45-35-66(36-46-71)80-54-56-82(100-80)68-41-51-74(52-42-68)96-60-32-16-12-8-4/h33-56,61-62,64,76H,5-32,57-60,63H2,1-4H3,(H,92,93)/b84-62+. The Morgan fingerprint density at radius 2 is 0.775 bits per heavy atom. The minimum atomic E-state index is -0.998. The number of thioether (sulfide) groups is 1. The summed E-state index contributed by atoms with van der Waals surface area (Å²) in [6, 6.07) is 58.6. The first-order valence-electron chi connectivity index (χ1n) is 38.8. The number of fused-ring (bicyclic) bond motifs is 3. The van der Waals surface area contributed by atoms with Crippen LogP contribution in [0.5, 0.6) is 11.5 Å². The van der Waals surface area contributed by atoms with Gasteiger partial charge in [-0.15, -0.1) is 45.3 Å². The van der Waals surface area contributed by atoms with E-state index in [1.165, 1.54) is 252 Å². The molecular formula is C90H107NO5S6. The lowest BCUT2D eigenvalue weighted by atomic mass is 9.71. The van der Waals surface area contributed by atoms with Gasteiger partial charge in [-0.1, -0.05) is 255 Å². The monoisotopic (exact) mass is 1470 g/mol. The van der Waals surface area contributed by atoms with Crippen LogP contribution in [0.4, 0.5) is 17.1 Å². The summed E-state index contributed by atoms with van der Waals surface area (Å²) in [6.45, 7) is 10.6. The van der Waals surface area contributed by atoms with Gasteiger partial charge in [-0.25, -0.2) is 0 Å². The van der Waals surface area contributed by atoms with Gasteiger partial charge in [0.05, 0.1) is 34.7 Å². The van der Waals surface area contributed by atoms with Crippen LogP contribution in [0.1, 0.15) is 243 Å². The molecule has 1 aliphatic heterocycles. The van der Waals surface area contributed by atoms with Gasteiger partial charge in [-0.3, -0.25) is 9.59 Å². The Morgan fingerprint density at radius 1 is 0.431 bits per heavy atom. The number of carboxylic acid groups (broad SMARTS) is 1. The summed E-state index contributed by atoms with van der Waals surface area (Å²) in [5, 5.41) is 9.73. The molecule has 1 aliphatic carbocycles. The molecule has 12 heteroatoms. The average molecular weight is 1480 g/mol. The first kappa shape index (κ1) is 76.7. The predicted octanol–water partition coefficient (Wildman–Crippen LogP) is 29.6. The molecule has 0 bridgehead atoms. The Labute approximate surface area is 635 Å². The second kappa shape index (κ2) is 39.7. The van der Waals surface area contributed by atoms with E-state index in [0.717, 1.165) is 72.3 Å². The summed E-state index contributed by atoms with van der Waals surface area (Å²) in [5.74, 6) is -0.0682. The predicted molar refractivity (Wildman–Crippen MR) is 447 cm³/mol. The number of thiophene rings is 4. The van der Waals surface area contributed by atoms with Crippen LogP contribution in [-0.2, 0) is 15.0 Å². The lowest BCUT2D eigenvalue weighted by Gasteiger charge is -2.31. The van der Waals surface area contributed by atoms with E-state index in [0.29, 0.717) is 9.10 Å². The summed E-state index contributed by atoms with van der Waals surface area (Å²) >= 11 is 14.3. The van der Waals surface area contributed by atoms with Crippen molar-refractivity contribution in [2.45, 2.75) is 232 Å². The largest absolute Gasteiger partial charge is 0.494 e. The van der Waals surface area contributed by atoms with Crippen LogP contribution in [-0.4, -0.2) is 34.3 Å². The van der Waals surface area contributed by atoms with Crippen molar-refractivity contribution < 1.29 is 24.2 Å². The number of carbonyl (C=O) groups excluding carboxylic acids is 1. The Bertz CT molecular complexity index is 3930. The quantitative estimate of drug-likeness (QED) is 0.0230. The summed E-state index contributed by atoms with van der Waals surface area (Å²) < 4.78 is 12.6. The molecule has 6 nitrogen and oxygen atoms in total. The molecule has 0 spiro atoms. The van der Waals surface area contributed by atoms with Gasteiger partial charge in [0.25, 0.3) is 0 Å². The molecule has 0 amide bonds. The Balaban J connectivity index is 0.887. The third-order valence-corrected chi connectivity index (χ3v) is 27.0. The number of benzene rings is 5. The molecule has 538 valence electrons. The van der Waals surface area contributed by atoms with E-state index in [1.54, 1.807) is 11.3 Å². The molecule has 0 radical (unpaired) electrons. The Hall–Kier alpha value is -6.38. The van der Waals surface area contributed by atoms with Crippen LogP contribution < -0.4 is 14.4 Å². The van der Waals surface area contributed by atoms with E-state index in [4.69, 9.17) is 21.7 Å². The Kier molecular flexibility index (Phi) is 29.8. The summed E-state index contributed by atoms with van der Waals surface area (Å²) in [5.41, 5.74) is 12.0. The molecule has 1 unspecified atom stereocenters. The van der Waals surface area contributed by atoms with E-state index < -0.39 is 11.9 Å². The number of ketones is 1. The van der Waals surface area contributed by atoms with Crippen LogP contribution in [0, 0.1) is 5.92 Å². The number of Topliss-reactive ketones (excluding diaryl/α,β-unsaturated/α-hetero) is 1. The van der Waals surface area contributed by atoms with Gasteiger partial charge in [0.1, 0.15) is 11.5 Å².